The van der Waals surface area contributed by atoms with Crippen LogP contribution in [0.1, 0.15) is 21.5 Å². The molecule has 0 aliphatic carbocycles. The maximum atomic E-state index is 13.2. The number of aromatic hydroxyl groups is 1. The van der Waals surface area contributed by atoms with Gasteiger partial charge in [0.25, 0.3) is 0 Å². The number of aromatic nitrogens is 1. The van der Waals surface area contributed by atoms with E-state index in [9.17, 15) is 9.90 Å². The molecular weight excluding hydrogens is 438 g/mol. The molecule has 0 atom stereocenters. The predicted octanol–water partition coefficient (Wildman–Crippen LogP) is 4.82. The van der Waals surface area contributed by atoms with Crippen molar-refractivity contribution in [3.05, 3.63) is 95.4 Å². The van der Waals surface area contributed by atoms with Crippen LogP contribution in [0.4, 0.5) is 5.69 Å². The van der Waals surface area contributed by atoms with E-state index in [-0.39, 0.29) is 17.3 Å². The average Bonchev–Trinajstić information content (AvgIpc) is 3.38. The third-order valence-corrected chi connectivity index (χ3v) is 7.01. The minimum Gasteiger partial charge on any atom is -0.507 e. The predicted molar refractivity (Wildman–Crippen MR) is 138 cm³/mol. The van der Waals surface area contributed by atoms with Gasteiger partial charge in [-0.3, -0.25) is 9.69 Å². The number of Topliss-reactive ketones (excluding diaryl/α,β-unsaturated/α-hetero) is 1. The third-order valence-electron chi connectivity index (χ3n) is 7.01. The summed E-state index contributed by atoms with van der Waals surface area (Å²) >= 11 is 0. The van der Waals surface area contributed by atoms with Gasteiger partial charge in [-0.2, -0.15) is 0 Å². The number of hydrogen-bond acceptors (Lipinski definition) is 5. The molecule has 6 rings (SSSR count). The van der Waals surface area contributed by atoms with Crippen LogP contribution in [0.2, 0.25) is 0 Å². The van der Waals surface area contributed by atoms with E-state index in [0.717, 1.165) is 42.6 Å². The van der Waals surface area contributed by atoms with Crippen molar-refractivity contribution in [1.29, 1.82) is 0 Å². The third kappa shape index (κ3) is 3.86. The summed E-state index contributed by atoms with van der Waals surface area (Å²) < 4.78 is 8.17. The number of phenols is 1. The summed E-state index contributed by atoms with van der Waals surface area (Å²) in [6.07, 6.45) is 3.81. The van der Waals surface area contributed by atoms with Gasteiger partial charge in [0.05, 0.1) is 11.1 Å². The Balaban J connectivity index is 1.24. The number of anilines is 1. The lowest BCUT2D eigenvalue weighted by molar-refractivity contribution is 0.101. The van der Waals surface area contributed by atoms with Gasteiger partial charge < -0.3 is 19.3 Å². The van der Waals surface area contributed by atoms with Crippen LogP contribution in [-0.4, -0.2) is 46.5 Å². The Labute approximate surface area is 204 Å². The van der Waals surface area contributed by atoms with Crippen LogP contribution in [-0.2, 0) is 13.6 Å². The zero-order valence-corrected chi connectivity index (χ0v) is 19.6. The van der Waals surface area contributed by atoms with Crippen LogP contribution in [0.25, 0.3) is 17.0 Å². The van der Waals surface area contributed by atoms with Gasteiger partial charge in [-0.25, -0.2) is 0 Å². The summed E-state index contributed by atoms with van der Waals surface area (Å²) in [5.74, 6) is 0.778. The van der Waals surface area contributed by atoms with E-state index in [1.54, 1.807) is 12.1 Å². The molecule has 1 aromatic heterocycles. The number of carbonyl (C=O) groups excluding carboxylic acids is 1. The molecule has 4 aromatic rings. The molecule has 0 saturated carbocycles. The van der Waals surface area contributed by atoms with Gasteiger partial charge >= 0.3 is 0 Å². The molecule has 6 nitrogen and oxygen atoms in total. The van der Waals surface area contributed by atoms with Crippen molar-refractivity contribution in [2.75, 3.05) is 31.1 Å². The maximum Gasteiger partial charge on any atom is 0.231 e. The summed E-state index contributed by atoms with van der Waals surface area (Å²) in [5, 5.41) is 11.8. The summed E-state index contributed by atoms with van der Waals surface area (Å²) in [6.45, 7) is 4.08. The van der Waals surface area contributed by atoms with E-state index in [2.05, 4.69) is 40.1 Å². The number of ketones is 1. The molecule has 0 spiro atoms. The molecule has 1 saturated heterocycles. The second kappa shape index (κ2) is 8.64. The Morgan fingerprint density at radius 1 is 0.943 bits per heavy atom. The van der Waals surface area contributed by atoms with Crippen LogP contribution < -0.4 is 9.64 Å². The van der Waals surface area contributed by atoms with Crippen molar-refractivity contribution in [2.24, 2.45) is 7.05 Å². The Morgan fingerprint density at radius 3 is 2.49 bits per heavy atom. The number of hydrogen-bond donors (Lipinski definition) is 1. The van der Waals surface area contributed by atoms with Gasteiger partial charge in [-0.15, -0.1) is 0 Å². The Bertz CT molecular complexity index is 1450. The van der Waals surface area contributed by atoms with Gasteiger partial charge in [0.1, 0.15) is 11.5 Å². The first-order valence-electron chi connectivity index (χ1n) is 11.9. The zero-order valence-electron chi connectivity index (χ0n) is 19.6. The van der Waals surface area contributed by atoms with E-state index < -0.39 is 0 Å². The van der Waals surface area contributed by atoms with Crippen molar-refractivity contribution in [1.82, 2.24) is 9.47 Å². The summed E-state index contributed by atoms with van der Waals surface area (Å²) in [7, 11) is 1.99. The molecule has 3 aromatic carbocycles. The first-order valence-corrected chi connectivity index (χ1v) is 11.9. The minimum absolute atomic E-state index is 0.150. The number of allylic oxidation sites excluding steroid dienone is 1. The molecule has 0 amide bonds. The maximum absolute atomic E-state index is 13.2. The summed E-state index contributed by atoms with van der Waals surface area (Å²) in [5.41, 5.74) is 4.43. The second-order valence-electron chi connectivity index (χ2n) is 9.19. The van der Waals surface area contributed by atoms with Gasteiger partial charge in [-0.1, -0.05) is 36.4 Å². The van der Waals surface area contributed by atoms with Crippen LogP contribution in [0, 0.1) is 0 Å². The zero-order chi connectivity index (χ0) is 23.9. The van der Waals surface area contributed by atoms with Crippen molar-refractivity contribution < 1.29 is 14.6 Å². The van der Waals surface area contributed by atoms with Crippen molar-refractivity contribution in [3.63, 3.8) is 0 Å². The molecule has 2 aliphatic heterocycles. The number of para-hydroxylation sites is 2. The number of phenolic OH excluding ortho intramolecular Hbond substituents is 1. The fourth-order valence-corrected chi connectivity index (χ4v) is 5.11. The lowest BCUT2D eigenvalue weighted by Crippen LogP contribution is -2.46. The number of nitrogens with zero attached hydrogens (tertiary/aromatic N) is 3. The van der Waals surface area contributed by atoms with E-state index in [0.29, 0.717) is 23.4 Å². The molecule has 0 unspecified atom stereocenters. The number of benzene rings is 3. The topological polar surface area (TPSA) is 57.9 Å². The fraction of sp³-hybridized carbons (Fsp3) is 0.207. The van der Waals surface area contributed by atoms with E-state index in [4.69, 9.17) is 4.74 Å². The smallest absolute Gasteiger partial charge is 0.231 e. The van der Waals surface area contributed by atoms with Crippen LogP contribution in [0.3, 0.4) is 0 Å². The molecule has 2 aliphatic rings. The molecule has 3 heterocycles. The normalized spacial score (nSPS) is 17.2. The number of rotatable bonds is 4. The SMILES string of the molecule is Cn1cc(/C=C2/Oc3c(ccc(O)c3CN3CCN(c4ccccc4)CC3)C2=O)c2ccccc21. The highest BCUT2D eigenvalue weighted by Crippen LogP contribution is 2.40. The minimum atomic E-state index is -0.150. The molecule has 1 fully saturated rings. The Kier molecular flexibility index (Phi) is 5.30. The number of ether oxygens (including phenoxy) is 1. The van der Waals surface area contributed by atoms with E-state index in [1.165, 1.54) is 5.69 Å². The van der Waals surface area contributed by atoms with Crippen molar-refractivity contribution in [3.8, 4) is 11.5 Å². The van der Waals surface area contributed by atoms with Crippen LogP contribution in [0.15, 0.2) is 78.7 Å². The van der Waals surface area contributed by atoms with Crippen LogP contribution >= 0.6 is 0 Å². The average molecular weight is 466 g/mol. The summed E-state index contributed by atoms with van der Waals surface area (Å²) in [6, 6.07) is 21.8. The monoisotopic (exact) mass is 465 g/mol. The first-order chi connectivity index (χ1) is 17.1. The number of piperazine rings is 1. The molecule has 176 valence electrons. The molecule has 6 heteroatoms. The molecule has 35 heavy (non-hydrogen) atoms. The first kappa shape index (κ1) is 21.5. The van der Waals surface area contributed by atoms with Crippen molar-refractivity contribution in [2.45, 2.75) is 6.54 Å². The van der Waals surface area contributed by atoms with Gasteiger partial charge in [0, 0.05) is 68.1 Å². The lowest BCUT2D eigenvalue weighted by atomic mass is 10.0. The van der Waals surface area contributed by atoms with E-state index >= 15 is 0 Å². The quantitative estimate of drug-likeness (QED) is 0.438. The Hall–Kier alpha value is -4.03. The molecule has 0 radical (unpaired) electrons. The van der Waals surface area contributed by atoms with Gasteiger partial charge in [0.2, 0.25) is 5.78 Å². The van der Waals surface area contributed by atoms with E-state index in [1.807, 2.05) is 48.2 Å². The largest absolute Gasteiger partial charge is 0.507 e. The molecule has 0 bridgehead atoms. The number of fused-ring (bicyclic) bond motifs is 2. The van der Waals surface area contributed by atoms with Crippen LogP contribution in [0.5, 0.6) is 11.5 Å². The molecular formula is C29H27N3O3. The standard InChI is InChI=1S/C29H27N3O3/c1-30-18-20(22-9-5-6-10-25(22)30)17-27-28(34)23-11-12-26(33)24(29(23)35-27)19-31-13-15-32(16-14-31)21-7-3-2-4-8-21/h2-12,17-18,33H,13-16,19H2,1H3/b27-17+. The highest BCUT2D eigenvalue weighted by atomic mass is 16.5. The van der Waals surface area contributed by atoms with Crippen molar-refractivity contribution >= 4 is 28.4 Å². The Morgan fingerprint density at radius 2 is 1.69 bits per heavy atom. The highest BCUT2D eigenvalue weighted by molar-refractivity contribution is 6.15. The molecule has 1 N–H and O–H groups in total. The van der Waals surface area contributed by atoms with Gasteiger partial charge in [0.15, 0.2) is 5.76 Å². The highest BCUT2D eigenvalue weighted by Gasteiger charge is 2.32. The number of aryl methyl sites for hydroxylation is 1. The number of carbonyl (C=O) groups is 1. The lowest BCUT2D eigenvalue weighted by Gasteiger charge is -2.36. The van der Waals surface area contributed by atoms with Gasteiger partial charge in [-0.05, 0) is 36.4 Å². The fourth-order valence-electron chi connectivity index (χ4n) is 5.11. The second-order valence-corrected chi connectivity index (χ2v) is 9.19. The summed E-state index contributed by atoms with van der Waals surface area (Å²) in [4.78, 5) is 17.9.